The van der Waals surface area contributed by atoms with Gasteiger partial charge in [0, 0.05) is 38.4 Å². The van der Waals surface area contributed by atoms with Crippen LogP contribution in [0.1, 0.15) is 20.8 Å². The fourth-order valence-electron chi connectivity index (χ4n) is 0.788. The van der Waals surface area contributed by atoms with Gasteiger partial charge in [0.25, 0.3) is 0 Å². The number of ether oxygens (including phenoxy) is 1. The summed E-state index contributed by atoms with van der Waals surface area (Å²) in [7, 11) is 1.65. The second kappa shape index (κ2) is 5.21. The Hall–Kier alpha value is 0.0300. The molecule has 78 valence electrons. The summed E-state index contributed by atoms with van der Waals surface area (Å²) >= 11 is 2.24. The molecule has 2 nitrogen and oxygen atoms in total. The third-order valence-corrected chi connectivity index (χ3v) is 3.40. The highest BCUT2D eigenvalue weighted by Crippen LogP contribution is 2.25. The molecular formula is C10H14INOS. The average Bonchev–Trinajstić information content (AvgIpc) is 2.14. The minimum absolute atomic E-state index is 0.179. The Balaban J connectivity index is 2.52. The zero-order valence-electron chi connectivity index (χ0n) is 8.58. The Morgan fingerprint density at radius 2 is 2.14 bits per heavy atom. The van der Waals surface area contributed by atoms with Crippen LogP contribution in [0.3, 0.4) is 0 Å². The van der Waals surface area contributed by atoms with Gasteiger partial charge in [-0.15, -0.1) is 0 Å². The van der Waals surface area contributed by atoms with Gasteiger partial charge in [0.05, 0.1) is 6.61 Å². The number of pyridine rings is 1. The van der Waals surface area contributed by atoms with E-state index in [0.29, 0.717) is 12.5 Å². The Morgan fingerprint density at radius 1 is 1.43 bits per heavy atom. The van der Waals surface area contributed by atoms with Crippen molar-refractivity contribution in [2.45, 2.75) is 25.7 Å². The summed E-state index contributed by atoms with van der Waals surface area (Å²) in [5.41, 5.74) is 0.179. The number of nitrogens with zero attached hydrogens (tertiary/aromatic N) is 1. The van der Waals surface area contributed by atoms with Crippen molar-refractivity contribution < 1.29 is 4.74 Å². The van der Waals surface area contributed by atoms with Crippen LogP contribution in [0.4, 0.5) is 0 Å². The molecular weight excluding hydrogens is 309 g/mol. The minimum atomic E-state index is 0.179. The molecule has 0 spiro atoms. The summed E-state index contributed by atoms with van der Waals surface area (Å²) in [4.78, 5) is 5.35. The predicted molar refractivity (Wildman–Crippen MR) is 69.1 cm³/mol. The van der Waals surface area contributed by atoms with Gasteiger partial charge in [-0.25, -0.2) is 4.98 Å². The lowest BCUT2D eigenvalue weighted by Crippen LogP contribution is -2.17. The summed E-state index contributed by atoms with van der Waals surface area (Å²) < 4.78 is 5.55. The van der Waals surface area contributed by atoms with Crippen LogP contribution in [0, 0.1) is 5.41 Å². The molecule has 0 N–H and O–H groups in total. The van der Waals surface area contributed by atoms with Crippen LogP contribution in [-0.2, 0) is 0 Å². The maximum absolute atomic E-state index is 5.55. The Labute approximate surface area is 101 Å². The van der Waals surface area contributed by atoms with E-state index in [4.69, 9.17) is 4.74 Å². The van der Waals surface area contributed by atoms with E-state index in [0.717, 1.165) is 4.90 Å². The van der Waals surface area contributed by atoms with Gasteiger partial charge in [-0.2, -0.15) is 0 Å². The van der Waals surface area contributed by atoms with Gasteiger partial charge < -0.3 is 4.74 Å². The number of hydrogen-bond acceptors (Lipinski definition) is 3. The van der Waals surface area contributed by atoms with Gasteiger partial charge in [-0.05, 0) is 11.5 Å². The van der Waals surface area contributed by atoms with Crippen molar-refractivity contribution in [3.63, 3.8) is 0 Å². The average molecular weight is 323 g/mol. The Morgan fingerprint density at radius 3 is 2.57 bits per heavy atom. The van der Waals surface area contributed by atoms with Crippen molar-refractivity contribution in [2.24, 2.45) is 5.41 Å². The topological polar surface area (TPSA) is 22.1 Å². The molecule has 1 heterocycles. The highest BCUT2D eigenvalue weighted by molar-refractivity contribution is 14.2. The summed E-state index contributed by atoms with van der Waals surface area (Å²) in [6.07, 6.45) is 1.83. The lowest BCUT2D eigenvalue weighted by atomic mass is 9.99. The third kappa shape index (κ3) is 4.50. The first kappa shape index (κ1) is 12.1. The number of halogens is 1. The van der Waals surface area contributed by atoms with E-state index < -0.39 is 0 Å². The highest BCUT2D eigenvalue weighted by Gasteiger charge is 2.11. The van der Waals surface area contributed by atoms with Gasteiger partial charge >= 0.3 is 0 Å². The van der Waals surface area contributed by atoms with Gasteiger partial charge in [0.15, 0.2) is 0 Å². The van der Waals surface area contributed by atoms with Crippen molar-refractivity contribution in [3.8, 4) is 5.88 Å². The monoisotopic (exact) mass is 323 g/mol. The molecule has 0 bridgehead atoms. The number of rotatable bonds is 3. The molecule has 1 aromatic rings. The third-order valence-electron chi connectivity index (χ3n) is 1.45. The first-order valence-corrected chi connectivity index (χ1v) is 7.75. The zero-order valence-corrected chi connectivity index (χ0v) is 11.6. The summed E-state index contributed by atoms with van der Waals surface area (Å²) in [5, 5.41) is 0. The van der Waals surface area contributed by atoms with Gasteiger partial charge in [0.1, 0.15) is 0 Å². The number of hydrogen-bond donors (Lipinski definition) is 0. The molecule has 14 heavy (non-hydrogen) atoms. The van der Waals surface area contributed by atoms with Crippen molar-refractivity contribution in [1.29, 1.82) is 0 Å². The molecule has 0 aliphatic heterocycles. The molecule has 0 aromatic carbocycles. The molecule has 0 radical (unpaired) electrons. The smallest absolute Gasteiger partial charge is 0.213 e. The highest BCUT2D eigenvalue weighted by atomic mass is 127. The first-order chi connectivity index (χ1) is 6.51. The van der Waals surface area contributed by atoms with E-state index in [1.54, 1.807) is 8.93 Å². The molecule has 1 rings (SSSR count). The SMILES string of the molecule is CC(C)(C)COc1ccc(SI)cn1. The molecule has 0 unspecified atom stereocenters. The van der Waals surface area contributed by atoms with E-state index in [1.807, 2.05) is 18.3 Å². The lowest BCUT2D eigenvalue weighted by molar-refractivity contribution is 0.191. The summed E-state index contributed by atoms with van der Waals surface area (Å²) in [6.45, 7) is 7.11. The van der Waals surface area contributed by atoms with Crippen molar-refractivity contribution in [1.82, 2.24) is 4.98 Å². The van der Waals surface area contributed by atoms with E-state index >= 15 is 0 Å². The normalized spacial score (nSPS) is 11.4. The largest absolute Gasteiger partial charge is 0.477 e. The van der Waals surface area contributed by atoms with E-state index in [9.17, 15) is 0 Å². The Kier molecular flexibility index (Phi) is 4.50. The lowest BCUT2D eigenvalue weighted by Gasteiger charge is -2.18. The van der Waals surface area contributed by atoms with Gasteiger partial charge in [-0.1, -0.05) is 29.7 Å². The van der Waals surface area contributed by atoms with Crippen molar-refractivity contribution in [2.75, 3.05) is 6.61 Å². The van der Waals surface area contributed by atoms with Crippen LogP contribution in [0.25, 0.3) is 0 Å². The summed E-state index contributed by atoms with van der Waals surface area (Å²) in [5.74, 6) is 0.703. The quantitative estimate of drug-likeness (QED) is 0.787. The molecule has 0 fully saturated rings. The Bertz CT molecular complexity index is 281. The molecule has 4 heteroatoms. The molecule has 0 amide bonds. The molecule has 0 aliphatic carbocycles. The van der Waals surface area contributed by atoms with Crippen LogP contribution < -0.4 is 4.74 Å². The second-order valence-corrected chi connectivity index (χ2v) is 6.21. The van der Waals surface area contributed by atoms with Crippen LogP contribution in [0.15, 0.2) is 23.2 Å². The standard InChI is InChI=1S/C10H14INOS/c1-10(2,3)7-13-9-5-4-8(14-11)6-12-9/h4-6H,7H2,1-3H3. The number of aromatic nitrogens is 1. The molecule has 0 saturated carbocycles. The van der Waals surface area contributed by atoms with Crippen molar-refractivity contribution in [3.05, 3.63) is 18.3 Å². The molecule has 0 saturated heterocycles. The second-order valence-electron chi connectivity index (χ2n) is 4.26. The minimum Gasteiger partial charge on any atom is -0.477 e. The van der Waals surface area contributed by atoms with Crippen LogP contribution in [0.2, 0.25) is 0 Å². The summed E-state index contributed by atoms with van der Waals surface area (Å²) in [6, 6.07) is 3.93. The maximum Gasteiger partial charge on any atom is 0.213 e. The fraction of sp³-hybridized carbons (Fsp3) is 0.500. The maximum atomic E-state index is 5.55. The molecule has 0 aliphatic rings. The first-order valence-electron chi connectivity index (χ1n) is 4.39. The van der Waals surface area contributed by atoms with E-state index in [1.165, 1.54) is 0 Å². The van der Waals surface area contributed by atoms with E-state index in [2.05, 4.69) is 47.0 Å². The fourth-order valence-corrected chi connectivity index (χ4v) is 1.78. The van der Waals surface area contributed by atoms with E-state index in [-0.39, 0.29) is 5.41 Å². The molecule has 0 atom stereocenters. The van der Waals surface area contributed by atoms with Gasteiger partial charge in [0.2, 0.25) is 5.88 Å². The van der Waals surface area contributed by atoms with Gasteiger partial charge in [-0.3, -0.25) is 0 Å². The van der Waals surface area contributed by atoms with Crippen LogP contribution >= 0.6 is 30.1 Å². The predicted octanol–water partition coefficient (Wildman–Crippen LogP) is 3.95. The molecule has 1 aromatic heterocycles. The van der Waals surface area contributed by atoms with Crippen LogP contribution in [-0.4, -0.2) is 11.6 Å². The zero-order chi connectivity index (χ0) is 10.6. The van der Waals surface area contributed by atoms with Crippen LogP contribution in [0.5, 0.6) is 5.88 Å². The van der Waals surface area contributed by atoms with Crippen molar-refractivity contribution >= 4 is 30.1 Å².